The van der Waals surface area contributed by atoms with Crippen molar-refractivity contribution in [2.45, 2.75) is 26.2 Å². The summed E-state index contributed by atoms with van der Waals surface area (Å²) in [6, 6.07) is 5.49. The molecule has 0 unspecified atom stereocenters. The molecule has 2 aromatic rings. The number of nitrogens with zero attached hydrogens (tertiary/aromatic N) is 1. The number of hydrogen-bond acceptors (Lipinski definition) is 3. The number of amides is 2. The highest BCUT2D eigenvalue weighted by atomic mass is 19.4. The molecule has 2 N–H and O–H groups in total. The zero-order valence-corrected chi connectivity index (χ0v) is 15.1. The monoisotopic (exact) mass is 419 g/mol. The van der Waals surface area contributed by atoms with Gasteiger partial charge in [0.15, 0.2) is 0 Å². The number of aromatic nitrogens is 1. The van der Waals surface area contributed by atoms with Gasteiger partial charge >= 0.3 is 12.4 Å². The zero-order valence-electron chi connectivity index (χ0n) is 15.1. The van der Waals surface area contributed by atoms with E-state index in [-0.39, 0.29) is 22.5 Å². The van der Waals surface area contributed by atoms with Gasteiger partial charge in [-0.15, -0.1) is 0 Å². The van der Waals surface area contributed by atoms with Gasteiger partial charge in [-0.25, -0.2) is 4.98 Å². The molecule has 0 saturated heterocycles. The van der Waals surface area contributed by atoms with E-state index in [1.807, 2.05) is 0 Å². The molecular formula is C18H15F6N3O2. The lowest BCUT2D eigenvalue weighted by atomic mass is 10.1. The fraction of sp³-hybridized carbons (Fsp3) is 0.278. The summed E-state index contributed by atoms with van der Waals surface area (Å²) in [6.45, 7) is 1.29. The molecule has 1 aromatic heterocycles. The lowest BCUT2D eigenvalue weighted by Gasteiger charge is -2.13. The van der Waals surface area contributed by atoms with Gasteiger partial charge in [-0.1, -0.05) is 6.07 Å². The molecule has 0 fully saturated rings. The number of benzene rings is 1. The Labute approximate surface area is 161 Å². The number of halogens is 6. The second-order valence-corrected chi connectivity index (χ2v) is 6.11. The summed E-state index contributed by atoms with van der Waals surface area (Å²) >= 11 is 0. The number of pyridine rings is 1. The van der Waals surface area contributed by atoms with Crippen LogP contribution in [0.4, 0.5) is 32.0 Å². The van der Waals surface area contributed by atoms with Crippen LogP contribution in [0, 0.1) is 13.8 Å². The number of aryl methyl sites for hydroxylation is 2. The van der Waals surface area contributed by atoms with Crippen molar-refractivity contribution in [1.82, 2.24) is 10.3 Å². The Bertz CT molecular complexity index is 938. The molecule has 1 aromatic carbocycles. The second-order valence-electron chi connectivity index (χ2n) is 6.11. The van der Waals surface area contributed by atoms with E-state index in [0.717, 1.165) is 6.07 Å². The Kier molecular flexibility index (Phi) is 6.19. The normalized spacial score (nSPS) is 11.9. The van der Waals surface area contributed by atoms with Crippen molar-refractivity contribution < 1.29 is 35.9 Å². The summed E-state index contributed by atoms with van der Waals surface area (Å²) < 4.78 is 74.7. The van der Waals surface area contributed by atoms with Crippen LogP contribution in [0.3, 0.4) is 0 Å². The van der Waals surface area contributed by atoms with E-state index in [2.05, 4.69) is 10.3 Å². The molecule has 5 nitrogen and oxygen atoms in total. The fourth-order valence-electron chi connectivity index (χ4n) is 2.33. The molecule has 0 spiro atoms. The molecular weight excluding hydrogens is 404 g/mol. The Morgan fingerprint density at radius 2 is 1.62 bits per heavy atom. The van der Waals surface area contributed by atoms with Crippen molar-refractivity contribution in [2.24, 2.45) is 0 Å². The maximum Gasteiger partial charge on any atom is 0.433 e. The molecule has 0 radical (unpaired) electrons. The molecule has 0 aliphatic rings. The molecule has 0 aliphatic heterocycles. The zero-order chi connectivity index (χ0) is 22.0. The Morgan fingerprint density at radius 3 is 2.17 bits per heavy atom. The average molecular weight is 419 g/mol. The average Bonchev–Trinajstić information content (AvgIpc) is 2.59. The predicted octanol–water partition coefficient (Wildman–Crippen LogP) is 4.26. The minimum atomic E-state index is -4.66. The fourth-order valence-corrected chi connectivity index (χ4v) is 2.33. The molecule has 0 atom stereocenters. The van der Waals surface area contributed by atoms with E-state index in [9.17, 15) is 35.9 Å². The Hall–Kier alpha value is -3.11. The number of carbonyl (C=O) groups is 2. The van der Waals surface area contributed by atoms with Gasteiger partial charge in [0.25, 0.3) is 11.8 Å². The van der Waals surface area contributed by atoms with Crippen molar-refractivity contribution in [3.63, 3.8) is 0 Å². The first kappa shape index (κ1) is 22.2. The third kappa shape index (κ3) is 5.93. The molecule has 0 aliphatic carbocycles. The number of hydrogen-bond donors (Lipinski definition) is 2. The summed E-state index contributed by atoms with van der Waals surface area (Å²) in [4.78, 5) is 27.6. The number of nitrogens with one attached hydrogen (secondary N) is 2. The maximum atomic E-state index is 12.7. The minimum Gasteiger partial charge on any atom is -0.343 e. The van der Waals surface area contributed by atoms with E-state index in [0.29, 0.717) is 11.6 Å². The third-order valence-electron chi connectivity index (χ3n) is 3.82. The van der Waals surface area contributed by atoms with Crippen LogP contribution in [-0.4, -0.2) is 29.5 Å². The van der Waals surface area contributed by atoms with Crippen LogP contribution < -0.4 is 10.6 Å². The smallest absolute Gasteiger partial charge is 0.343 e. The highest BCUT2D eigenvalue weighted by Gasteiger charge is 2.33. The first-order chi connectivity index (χ1) is 13.3. The van der Waals surface area contributed by atoms with Crippen LogP contribution in [-0.2, 0) is 6.18 Å². The van der Waals surface area contributed by atoms with Crippen molar-refractivity contribution in [3.05, 3.63) is 58.4 Å². The second kappa shape index (κ2) is 8.10. The summed E-state index contributed by atoms with van der Waals surface area (Å²) in [5, 5.41) is 4.14. The lowest BCUT2D eigenvalue weighted by molar-refractivity contribution is -0.141. The molecule has 2 amide bonds. The van der Waals surface area contributed by atoms with E-state index < -0.39 is 36.4 Å². The van der Waals surface area contributed by atoms with Crippen molar-refractivity contribution >= 4 is 17.5 Å². The summed E-state index contributed by atoms with van der Waals surface area (Å²) in [7, 11) is 0. The molecule has 156 valence electrons. The summed E-state index contributed by atoms with van der Waals surface area (Å²) in [5.41, 5.74) is -0.945. The van der Waals surface area contributed by atoms with E-state index in [1.54, 1.807) is 12.2 Å². The standard InChI is InChI=1S/C18H15F6N3O2/c1-9-3-4-11(15(28)25-8-17(19,20)21)7-13(9)27-16(29)12-5-6-14(18(22,23)24)26-10(12)2/h3-7H,8H2,1-2H3,(H,25,28)(H,27,29). The van der Waals surface area contributed by atoms with Gasteiger partial charge in [0, 0.05) is 11.3 Å². The van der Waals surface area contributed by atoms with Gasteiger partial charge in [-0.05, 0) is 43.7 Å². The van der Waals surface area contributed by atoms with Gasteiger partial charge in [-0.2, -0.15) is 26.3 Å². The first-order valence-electron chi connectivity index (χ1n) is 8.10. The van der Waals surface area contributed by atoms with Crippen molar-refractivity contribution in [1.29, 1.82) is 0 Å². The summed E-state index contributed by atoms with van der Waals surface area (Å²) in [5.74, 6) is -1.77. The quantitative estimate of drug-likeness (QED) is 0.728. The SMILES string of the molecule is Cc1ccc(C(=O)NCC(F)(F)F)cc1NC(=O)c1ccc(C(F)(F)F)nc1C. The van der Waals surface area contributed by atoms with Crippen LogP contribution in [0.25, 0.3) is 0 Å². The van der Waals surface area contributed by atoms with Gasteiger partial charge < -0.3 is 10.6 Å². The molecule has 11 heteroatoms. The lowest BCUT2D eigenvalue weighted by Crippen LogP contribution is -2.33. The van der Waals surface area contributed by atoms with E-state index in [4.69, 9.17) is 0 Å². The van der Waals surface area contributed by atoms with Crippen LogP contribution in [0.2, 0.25) is 0 Å². The maximum absolute atomic E-state index is 12.7. The molecule has 0 saturated carbocycles. The van der Waals surface area contributed by atoms with Gasteiger partial charge in [0.1, 0.15) is 12.2 Å². The molecule has 1 heterocycles. The number of alkyl halides is 6. The van der Waals surface area contributed by atoms with Crippen LogP contribution in [0.1, 0.15) is 37.7 Å². The predicted molar refractivity (Wildman–Crippen MR) is 91.5 cm³/mol. The number of rotatable bonds is 4. The largest absolute Gasteiger partial charge is 0.433 e. The Balaban J connectivity index is 2.21. The van der Waals surface area contributed by atoms with Gasteiger partial charge in [0.2, 0.25) is 0 Å². The molecule has 29 heavy (non-hydrogen) atoms. The van der Waals surface area contributed by atoms with Crippen LogP contribution in [0.5, 0.6) is 0 Å². The topological polar surface area (TPSA) is 71.1 Å². The van der Waals surface area contributed by atoms with Crippen molar-refractivity contribution in [3.8, 4) is 0 Å². The first-order valence-corrected chi connectivity index (χ1v) is 8.10. The minimum absolute atomic E-state index is 0.119. The molecule has 0 bridgehead atoms. The highest BCUT2D eigenvalue weighted by Crippen LogP contribution is 2.28. The third-order valence-corrected chi connectivity index (χ3v) is 3.82. The van der Waals surface area contributed by atoms with Gasteiger partial charge in [0.05, 0.1) is 11.3 Å². The Morgan fingerprint density at radius 1 is 0.966 bits per heavy atom. The number of carbonyl (C=O) groups excluding carboxylic acids is 2. The summed E-state index contributed by atoms with van der Waals surface area (Å²) in [6.07, 6.45) is -9.24. The van der Waals surface area contributed by atoms with Crippen LogP contribution in [0.15, 0.2) is 30.3 Å². The number of anilines is 1. The highest BCUT2D eigenvalue weighted by molar-refractivity contribution is 6.06. The van der Waals surface area contributed by atoms with Crippen LogP contribution >= 0.6 is 0 Å². The van der Waals surface area contributed by atoms with Gasteiger partial charge in [-0.3, -0.25) is 9.59 Å². The molecule has 2 rings (SSSR count). The van der Waals surface area contributed by atoms with E-state index >= 15 is 0 Å². The van der Waals surface area contributed by atoms with Crippen molar-refractivity contribution in [2.75, 3.05) is 11.9 Å². The van der Waals surface area contributed by atoms with E-state index in [1.165, 1.54) is 25.1 Å².